The first kappa shape index (κ1) is 12.3. The molecule has 1 aromatic rings. The molecule has 0 saturated heterocycles. The van der Waals surface area contributed by atoms with Crippen LogP contribution in [0.4, 0.5) is 0 Å². The smallest absolute Gasteiger partial charge is 0.0314 e. The van der Waals surface area contributed by atoms with E-state index in [4.69, 9.17) is 0 Å². The summed E-state index contributed by atoms with van der Waals surface area (Å²) in [7, 11) is 2.04. The van der Waals surface area contributed by atoms with Crippen molar-refractivity contribution in [3.63, 3.8) is 0 Å². The van der Waals surface area contributed by atoms with Crippen molar-refractivity contribution >= 4 is 0 Å². The van der Waals surface area contributed by atoms with Crippen LogP contribution in [0.5, 0.6) is 0 Å². The summed E-state index contributed by atoms with van der Waals surface area (Å²) in [4.78, 5) is 0. The number of hydrogen-bond donors (Lipinski definition) is 1. The molecule has 0 amide bonds. The van der Waals surface area contributed by atoms with Gasteiger partial charge >= 0.3 is 0 Å². The van der Waals surface area contributed by atoms with E-state index in [0.29, 0.717) is 6.04 Å². The van der Waals surface area contributed by atoms with Gasteiger partial charge in [0.25, 0.3) is 0 Å². The fraction of sp³-hybridized carbons (Fsp3) is 0.571. The van der Waals surface area contributed by atoms with E-state index < -0.39 is 0 Å². The van der Waals surface area contributed by atoms with E-state index in [2.05, 4.69) is 44.3 Å². The van der Waals surface area contributed by atoms with Crippen molar-refractivity contribution in [1.82, 2.24) is 5.32 Å². The Balaban J connectivity index is 3.01. The van der Waals surface area contributed by atoms with Gasteiger partial charge in [-0.05, 0) is 43.0 Å². The predicted octanol–water partition coefficient (Wildman–Crippen LogP) is 3.48. The molecule has 0 radical (unpaired) electrons. The molecule has 0 bridgehead atoms. The number of benzene rings is 1. The van der Waals surface area contributed by atoms with Crippen molar-refractivity contribution in [2.24, 2.45) is 0 Å². The first-order valence-electron chi connectivity index (χ1n) is 6.05. The van der Waals surface area contributed by atoms with Crippen LogP contribution in [0, 0.1) is 0 Å². The molecule has 0 heterocycles. The average molecular weight is 205 g/mol. The van der Waals surface area contributed by atoms with Gasteiger partial charge in [-0.3, -0.25) is 0 Å². The van der Waals surface area contributed by atoms with Crippen LogP contribution in [0.1, 0.15) is 49.9 Å². The maximum atomic E-state index is 3.36. The molecule has 1 unspecified atom stereocenters. The van der Waals surface area contributed by atoms with E-state index in [1.807, 2.05) is 7.05 Å². The van der Waals surface area contributed by atoms with Gasteiger partial charge < -0.3 is 5.32 Å². The highest BCUT2D eigenvalue weighted by Gasteiger charge is 2.08. The number of rotatable bonds is 5. The lowest BCUT2D eigenvalue weighted by atomic mass is 9.96. The van der Waals surface area contributed by atoms with E-state index in [1.165, 1.54) is 16.7 Å². The molecule has 15 heavy (non-hydrogen) atoms. The van der Waals surface area contributed by atoms with Crippen molar-refractivity contribution in [2.45, 2.75) is 46.1 Å². The molecule has 0 spiro atoms. The second-order valence-corrected chi connectivity index (χ2v) is 3.98. The zero-order valence-corrected chi connectivity index (χ0v) is 10.4. The summed E-state index contributed by atoms with van der Waals surface area (Å²) in [5, 5.41) is 3.36. The van der Waals surface area contributed by atoms with Crippen LogP contribution in [-0.4, -0.2) is 7.05 Å². The molecule has 1 atom stereocenters. The molecule has 0 fully saturated rings. The molecule has 0 aliphatic carbocycles. The zero-order valence-electron chi connectivity index (χ0n) is 10.4. The summed E-state index contributed by atoms with van der Waals surface area (Å²) in [5.74, 6) is 0. The Morgan fingerprint density at radius 1 is 1.07 bits per heavy atom. The molecule has 0 saturated carbocycles. The van der Waals surface area contributed by atoms with Crippen LogP contribution in [0.25, 0.3) is 0 Å². The largest absolute Gasteiger partial charge is 0.313 e. The van der Waals surface area contributed by atoms with Crippen molar-refractivity contribution in [1.29, 1.82) is 0 Å². The van der Waals surface area contributed by atoms with Crippen LogP contribution >= 0.6 is 0 Å². The standard InChI is InChI=1S/C14H23N/c1-5-11-8-9-13(10-12(11)6-2)14(7-3)15-4/h8-10,14-15H,5-7H2,1-4H3. The van der Waals surface area contributed by atoms with Gasteiger partial charge in [0.2, 0.25) is 0 Å². The molecular weight excluding hydrogens is 182 g/mol. The highest BCUT2D eigenvalue weighted by atomic mass is 14.9. The van der Waals surface area contributed by atoms with Crippen molar-refractivity contribution < 1.29 is 0 Å². The molecule has 84 valence electrons. The molecule has 0 aromatic heterocycles. The fourth-order valence-corrected chi connectivity index (χ4v) is 2.14. The average Bonchev–Trinajstić information content (AvgIpc) is 2.30. The molecule has 1 N–H and O–H groups in total. The van der Waals surface area contributed by atoms with Gasteiger partial charge in [-0.15, -0.1) is 0 Å². The Morgan fingerprint density at radius 2 is 1.73 bits per heavy atom. The van der Waals surface area contributed by atoms with E-state index >= 15 is 0 Å². The molecule has 0 aliphatic rings. The third-order valence-corrected chi connectivity index (χ3v) is 3.15. The number of nitrogens with one attached hydrogen (secondary N) is 1. The molecule has 1 nitrogen and oxygen atoms in total. The number of hydrogen-bond acceptors (Lipinski definition) is 1. The first-order chi connectivity index (χ1) is 7.26. The van der Waals surface area contributed by atoms with Crippen LogP contribution in [-0.2, 0) is 12.8 Å². The van der Waals surface area contributed by atoms with Gasteiger partial charge in [0, 0.05) is 6.04 Å². The Morgan fingerprint density at radius 3 is 2.20 bits per heavy atom. The van der Waals surface area contributed by atoms with Gasteiger partial charge in [-0.1, -0.05) is 39.0 Å². The molecule has 1 heteroatoms. The van der Waals surface area contributed by atoms with Crippen LogP contribution in [0.2, 0.25) is 0 Å². The topological polar surface area (TPSA) is 12.0 Å². The second kappa shape index (κ2) is 5.92. The maximum absolute atomic E-state index is 3.36. The minimum atomic E-state index is 0.501. The Bertz CT molecular complexity index is 300. The molecule has 0 aliphatic heterocycles. The van der Waals surface area contributed by atoms with Gasteiger partial charge in [0.05, 0.1) is 0 Å². The second-order valence-electron chi connectivity index (χ2n) is 3.98. The monoisotopic (exact) mass is 205 g/mol. The van der Waals surface area contributed by atoms with Gasteiger partial charge in [0.1, 0.15) is 0 Å². The predicted molar refractivity (Wildman–Crippen MR) is 67.3 cm³/mol. The van der Waals surface area contributed by atoms with E-state index in [-0.39, 0.29) is 0 Å². The minimum Gasteiger partial charge on any atom is -0.313 e. The summed E-state index contributed by atoms with van der Waals surface area (Å²) >= 11 is 0. The van der Waals surface area contributed by atoms with Crippen LogP contribution in [0.15, 0.2) is 18.2 Å². The van der Waals surface area contributed by atoms with E-state index in [9.17, 15) is 0 Å². The lowest BCUT2D eigenvalue weighted by Gasteiger charge is -2.16. The third kappa shape index (κ3) is 2.82. The van der Waals surface area contributed by atoms with E-state index in [1.54, 1.807) is 0 Å². The summed E-state index contributed by atoms with van der Waals surface area (Å²) in [6, 6.07) is 7.42. The SMILES string of the molecule is CCc1ccc(C(CC)NC)cc1CC. The van der Waals surface area contributed by atoms with Crippen molar-refractivity contribution in [3.8, 4) is 0 Å². The molecular formula is C14H23N. The van der Waals surface area contributed by atoms with Gasteiger partial charge in [-0.25, -0.2) is 0 Å². The Labute approximate surface area is 93.9 Å². The summed E-state index contributed by atoms with van der Waals surface area (Å²) < 4.78 is 0. The zero-order chi connectivity index (χ0) is 11.3. The summed E-state index contributed by atoms with van der Waals surface area (Å²) in [5.41, 5.74) is 4.42. The Kier molecular flexibility index (Phi) is 4.83. The molecule has 1 rings (SSSR count). The van der Waals surface area contributed by atoms with Gasteiger partial charge in [-0.2, -0.15) is 0 Å². The minimum absolute atomic E-state index is 0.501. The van der Waals surface area contributed by atoms with E-state index in [0.717, 1.165) is 19.3 Å². The molecule has 1 aromatic carbocycles. The Hall–Kier alpha value is -0.820. The third-order valence-electron chi connectivity index (χ3n) is 3.15. The maximum Gasteiger partial charge on any atom is 0.0314 e. The normalized spacial score (nSPS) is 12.8. The fourth-order valence-electron chi connectivity index (χ4n) is 2.14. The highest BCUT2D eigenvalue weighted by Crippen LogP contribution is 2.20. The summed E-state index contributed by atoms with van der Waals surface area (Å²) in [6.07, 6.45) is 3.42. The lowest BCUT2D eigenvalue weighted by molar-refractivity contribution is 0.576. The van der Waals surface area contributed by atoms with Crippen molar-refractivity contribution in [3.05, 3.63) is 34.9 Å². The first-order valence-corrected chi connectivity index (χ1v) is 6.05. The van der Waals surface area contributed by atoms with Gasteiger partial charge in [0.15, 0.2) is 0 Å². The van der Waals surface area contributed by atoms with Crippen molar-refractivity contribution in [2.75, 3.05) is 7.05 Å². The summed E-state index contributed by atoms with van der Waals surface area (Å²) in [6.45, 7) is 6.68. The quantitative estimate of drug-likeness (QED) is 0.776. The van der Waals surface area contributed by atoms with Crippen LogP contribution in [0.3, 0.4) is 0 Å². The lowest BCUT2D eigenvalue weighted by Crippen LogP contribution is -2.15. The highest BCUT2D eigenvalue weighted by molar-refractivity contribution is 5.33. The number of aryl methyl sites for hydroxylation is 2. The van der Waals surface area contributed by atoms with Crippen LogP contribution < -0.4 is 5.32 Å².